The van der Waals surface area contributed by atoms with Gasteiger partial charge in [-0.1, -0.05) is 0 Å². The van der Waals surface area contributed by atoms with Crippen LogP contribution in [0.25, 0.3) is 0 Å². The minimum atomic E-state index is -0.235. The van der Waals surface area contributed by atoms with Gasteiger partial charge in [-0.3, -0.25) is 4.99 Å². The Morgan fingerprint density at radius 3 is 3.27 bits per heavy atom. The molecule has 11 heavy (non-hydrogen) atoms. The van der Waals surface area contributed by atoms with Crippen LogP contribution in [0.2, 0.25) is 0 Å². The standard InChI is InChI=1S/C5H5N5S/c6-3-2-4(8-1-7-2)10-5(11)9-3/h1-2H,(H3,6,7,8,9,10,11). The van der Waals surface area contributed by atoms with Gasteiger partial charge in [0, 0.05) is 0 Å². The van der Waals surface area contributed by atoms with E-state index in [2.05, 4.69) is 20.3 Å². The maximum absolute atomic E-state index is 5.54. The van der Waals surface area contributed by atoms with Crippen LogP contribution in [0.1, 0.15) is 0 Å². The van der Waals surface area contributed by atoms with Crippen molar-refractivity contribution in [1.82, 2.24) is 5.32 Å². The molecule has 6 heteroatoms. The van der Waals surface area contributed by atoms with Crippen molar-refractivity contribution in [1.29, 1.82) is 0 Å². The smallest absolute Gasteiger partial charge is 0.199 e. The zero-order valence-electron chi connectivity index (χ0n) is 5.48. The van der Waals surface area contributed by atoms with Gasteiger partial charge in [0.2, 0.25) is 0 Å². The highest BCUT2D eigenvalue weighted by atomic mass is 32.1. The third-order valence-electron chi connectivity index (χ3n) is 1.42. The molecule has 2 aliphatic heterocycles. The number of rotatable bonds is 0. The van der Waals surface area contributed by atoms with Crippen LogP contribution in [0.3, 0.4) is 0 Å². The van der Waals surface area contributed by atoms with Crippen molar-refractivity contribution in [2.75, 3.05) is 0 Å². The summed E-state index contributed by atoms with van der Waals surface area (Å²) < 4.78 is 0. The van der Waals surface area contributed by atoms with E-state index in [-0.39, 0.29) is 6.04 Å². The Kier molecular flexibility index (Phi) is 1.22. The number of amidine groups is 2. The molecule has 0 aromatic heterocycles. The Hall–Kier alpha value is -1.30. The maximum Gasteiger partial charge on any atom is 0.199 e. The third-order valence-corrected chi connectivity index (χ3v) is 1.61. The molecule has 0 aromatic carbocycles. The molecule has 0 amide bonds. The maximum atomic E-state index is 5.54. The number of nitrogens with one attached hydrogen (secondary N) is 1. The molecule has 0 saturated carbocycles. The lowest BCUT2D eigenvalue weighted by Crippen LogP contribution is -2.47. The van der Waals surface area contributed by atoms with Gasteiger partial charge in [0.25, 0.3) is 0 Å². The monoisotopic (exact) mass is 167 g/mol. The summed E-state index contributed by atoms with van der Waals surface area (Å²) in [6.07, 6.45) is 1.45. The fourth-order valence-corrected chi connectivity index (χ4v) is 1.15. The third kappa shape index (κ3) is 0.911. The van der Waals surface area contributed by atoms with E-state index in [0.29, 0.717) is 16.8 Å². The summed E-state index contributed by atoms with van der Waals surface area (Å²) >= 11 is 4.79. The molecule has 0 spiro atoms. The summed E-state index contributed by atoms with van der Waals surface area (Å²) in [5.74, 6) is 1.07. The predicted molar refractivity (Wildman–Crippen MR) is 47.1 cm³/mol. The van der Waals surface area contributed by atoms with Crippen LogP contribution in [0.15, 0.2) is 15.0 Å². The lowest BCUT2D eigenvalue weighted by molar-refractivity contribution is 1.07. The lowest BCUT2D eigenvalue weighted by Gasteiger charge is -2.16. The van der Waals surface area contributed by atoms with E-state index in [9.17, 15) is 0 Å². The first-order chi connectivity index (χ1) is 5.27. The largest absolute Gasteiger partial charge is 0.385 e. The number of hydrogen-bond donors (Lipinski definition) is 2. The van der Waals surface area contributed by atoms with Crippen molar-refractivity contribution in [3.05, 3.63) is 0 Å². The van der Waals surface area contributed by atoms with Gasteiger partial charge in [0.15, 0.2) is 11.2 Å². The number of aliphatic imine (C=N–C) groups is 3. The van der Waals surface area contributed by atoms with E-state index in [1.165, 1.54) is 6.34 Å². The number of fused-ring (bicyclic) bond motifs is 1. The minimum absolute atomic E-state index is 0.235. The normalized spacial score (nSPS) is 27.3. The fraction of sp³-hybridized carbons (Fsp3) is 0.200. The molecule has 0 fully saturated rings. The first kappa shape index (κ1) is 6.41. The highest BCUT2D eigenvalue weighted by Gasteiger charge is 2.26. The molecule has 0 saturated heterocycles. The van der Waals surface area contributed by atoms with Crippen LogP contribution in [0.5, 0.6) is 0 Å². The van der Waals surface area contributed by atoms with Crippen LogP contribution in [-0.4, -0.2) is 29.2 Å². The van der Waals surface area contributed by atoms with E-state index in [1.807, 2.05) is 0 Å². The molecule has 2 rings (SSSR count). The summed E-state index contributed by atoms with van der Waals surface area (Å²) in [7, 11) is 0. The molecular weight excluding hydrogens is 162 g/mol. The molecule has 1 atom stereocenters. The molecule has 56 valence electrons. The van der Waals surface area contributed by atoms with Gasteiger partial charge in [-0.05, 0) is 12.2 Å². The highest BCUT2D eigenvalue weighted by molar-refractivity contribution is 7.80. The zero-order valence-corrected chi connectivity index (χ0v) is 6.30. The summed E-state index contributed by atoms with van der Waals surface area (Å²) in [5, 5.41) is 3.15. The topological polar surface area (TPSA) is 75.1 Å². The van der Waals surface area contributed by atoms with Crippen LogP contribution >= 0.6 is 12.2 Å². The van der Waals surface area contributed by atoms with Crippen LogP contribution < -0.4 is 11.1 Å². The summed E-state index contributed by atoms with van der Waals surface area (Å²) in [5.41, 5.74) is 5.54. The van der Waals surface area contributed by atoms with E-state index >= 15 is 0 Å². The van der Waals surface area contributed by atoms with Gasteiger partial charge < -0.3 is 11.1 Å². The minimum Gasteiger partial charge on any atom is -0.385 e. The fourth-order valence-electron chi connectivity index (χ4n) is 0.936. The van der Waals surface area contributed by atoms with Crippen LogP contribution in [0.4, 0.5) is 0 Å². The molecule has 3 N–H and O–H groups in total. The molecule has 2 aliphatic rings. The lowest BCUT2D eigenvalue weighted by atomic mass is 10.2. The second-order valence-corrected chi connectivity index (χ2v) is 2.53. The number of nitrogens with two attached hydrogens (primary N) is 1. The SMILES string of the molecule is NC1=NC(=S)NC2=NC=NC12. The molecule has 2 heterocycles. The number of nitrogens with zero attached hydrogens (tertiary/aromatic N) is 3. The van der Waals surface area contributed by atoms with Gasteiger partial charge in [0.1, 0.15) is 18.0 Å². The van der Waals surface area contributed by atoms with E-state index in [4.69, 9.17) is 18.0 Å². The molecule has 1 unspecified atom stereocenters. The number of thiocarbonyl (C=S) groups is 1. The first-order valence-electron chi connectivity index (χ1n) is 3.02. The van der Waals surface area contributed by atoms with E-state index in [0.717, 1.165) is 0 Å². The highest BCUT2D eigenvalue weighted by Crippen LogP contribution is 2.04. The molecule has 0 aromatic rings. The first-order valence-corrected chi connectivity index (χ1v) is 3.42. The van der Waals surface area contributed by atoms with Crippen molar-refractivity contribution < 1.29 is 0 Å². The Balaban J connectivity index is 2.41. The molecule has 0 aliphatic carbocycles. The quantitative estimate of drug-likeness (QED) is 0.456. The second kappa shape index (κ2) is 2.09. The van der Waals surface area contributed by atoms with Crippen molar-refractivity contribution in [2.45, 2.75) is 6.04 Å². The molecular formula is C5H5N5S. The van der Waals surface area contributed by atoms with E-state index in [1.54, 1.807) is 0 Å². The Labute approximate surface area is 68.1 Å². The van der Waals surface area contributed by atoms with Gasteiger partial charge in [-0.2, -0.15) is 0 Å². The average Bonchev–Trinajstić information content (AvgIpc) is 2.34. The van der Waals surface area contributed by atoms with Gasteiger partial charge in [0.05, 0.1) is 0 Å². The predicted octanol–water partition coefficient (Wildman–Crippen LogP) is -0.959. The summed E-state index contributed by atoms with van der Waals surface area (Å²) in [4.78, 5) is 11.7. The van der Waals surface area contributed by atoms with Crippen molar-refractivity contribution >= 4 is 35.3 Å². The molecule has 5 nitrogen and oxygen atoms in total. The van der Waals surface area contributed by atoms with Gasteiger partial charge >= 0.3 is 0 Å². The Morgan fingerprint density at radius 2 is 2.45 bits per heavy atom. The van der Waals surface area contributed by atoms with Crippen LogP contribution in [0, 0.1) is 0 Å². The Bertz CT molecular complexity index is 302. The van der Waals surface area contributed by atoms with Gasteiger partial charge in [-0.15, -0.1) is 0 Å². The zero-order chi connectivity index (χ0) is 7.84. The summed E-state index contributed by atoms with van der Waals surface area (Å²) in [6, 6.07) is -0.235. The molecule has 0 bridgehead atoms. The van der Waals surface area contributed by atoms with Crippen molar-refractivity contribution in [2.24, 2.45) is 20.7 Å². The average molecular weight is 167 g/mol. The van der Waals surface area contributed by atoms with Crippen LogP contribution in [-0.2, 0) is 0 Å². The van der Waals surface area contributed by atoms with Gasteiger partial charge in [-0.25, -0.2) is 9.98 Å². The van der Waals surface area contributed by atoms with E-state index < -0.39 is 0 Å². The van der Waals surface area contributed by atoms with Crippen molar-refractivity contribution in [3.63, 3.8) is 0 Å². The second-order valence-electron chi connectivity index (χ2n) is 2.15. The summed E-state index contributed by atoms with van der Waals surface area (Å²) in [6.45, 7) is 0. The Morgan fingerprint density at radius 1 is 1.64 bits per heavy atom. The molecule has 0 radical (unpaired) electrons. The van der Waals surface area contributed by atoms with Crippen molar-refractivity contribution in [3.8, 4) is 0 Å². The number of hydrogen-bond acceptors (Lipinski definition) is 4.